The lowest BCUT2D eigenvalue weighted by Gasteiger charge is -2.34. The van der Waals surface area contributed by atoms with E-state index in [0.29, 0.717) is 19.5 Å². The number of aliphatic carboxylic acids is 1. The first kappa shape index (κ1) is 13.6. The summed E-state index contributed by atoms with van der Waals surface area (Å²) in [5.74, 6) is -0.577. The molecule has 0 amide bonds. The predicted molar refractivity (Wildman–Crippen MR) is 78.9 cm³/mol. The molecule has 0 radical (unpaired) electrons. The summed E-state index contributed by atoms with van der Waals surface area (Å²) in [5, 5.41) is 19.1. The van der Waals surface area contributed by atoms with Gasteiger partial charge in [0.2, 0.25) is 0 Å². The van der Waals surface area contributed by atoms with E-state index in [1.165, 1.54) is 0 Å². The van der Waals surface area contributed by atoms with E-state index in [0.717, 1.165) is 16.7 Å². The van der Waals surface area contributed by atoms with E-state index in [4.69, 9.17) is 0 Å². The number of fused-ring (bicyclic) bond motifs is 1. The number of rotatable bonds is 3. The zero-order valence-electron chi connectivity index (χ0n) is 11.6. The van der Waals surface area contributed by atoms with E-state index in [1.807, 2.05) is 41.3 Å². The van der Waals surface area contributed by atoms with Crippen molar-refractivity contribution in [2.24, 2.45) is 0 Å². The van der Waals surface area contributed by atoms with Crippen LogP contribution in [-0.4, -0.2) is 27.1 Å². The Labute approximate surface area is 123 Å². The van der Waals surface area contributed by atoms with Crippen molar-refractivity contribution in [1.82, 2.24) is 4.90 Å². The van der Waals surface area contributed by atoms with E-state index in [9.17, 15) is 15.0 Å². The summed E-state index contributed by atoms with van der Waals surface area (Å²) in [6, 6.07) is 14.5. The van der Waals surface area contributed by atoms with Crippen LogP contribution >= 0.6 is 0 Å². The summed E-state index contributed by atoms with van der Waals surface area (Å²) in [6.07, 6.45) is 0.470. The first-order valence-electron chi connectivity index (χ1n) is 6.95. The van der Waals surface area contributed by atoms with Crippen LogP contribution in [-0.2, 0) is 24.3 Å². The Morgan fingerprint density at radius 3 is 2.62 bits per heavy atom. The lowest BCUT2D eigenvalue weighted by atomic mass is 9.93. The maximum absolute atomic E-state index is 11.5. The molecule has 0 spiro atoms. The van der Waals surface area contributed by atoms with Gasteiger partial charge in [0.15, 0.2) is 0 Å². The molecular formula is C17H17NO3. The highest BCUT2D eigenvalue weighted by molar-refractivity contribution is 5.74. The average Bonchev–Trinajstić information content (AvgIpc) is 2.47. The second-order valence-electron chi connectivity index (χ2n) is 5.40. The van der Waals surface area contributed by atoms with Crippen LogP contribution in [0.5, 0.6) is 5.75 Å². The first-order chi connectivity index (χ1) is 10.1. The molecule has 0 aromatic heterocycles. The summed E-state index contributed by atoms with van der Waals surface area (Å²) in [4.78, 5) is 13.5. The Hall–Kier alpha value is -2.33. The number of hydrogen-bond donors (Lipinski definition) is 2. The monoisotopic (exact) mass is 283 g/mol. The fourth-order valence-corrected chi connectivity index (χ4v) is 2.85. The minimum absolute atomic E-state index is 0.224. The number of phenolic OH excluding ortho intramolecular Hbond substituents is 1. The van der Waals surface area contributed by atoms with Crippen molar-refractivity contribution in [3.63, 3.8) is 0 Å². The smallest absolute Gasteiger partial charge is 0.321 e. The van der Waals surface area contributed by atoms with E-state index < -0.39 is 12.0 Å². The molecule has 108 valence electrons. The topological polar surface area (TPSA) is 60.8 Å². The summed E-state index contributed by atoms with van der Waals surface area (Å²) in [7, 11) is 0. The van der Waals surface area contributed by atoms with Gasteiger partial charge in [0.25, 0.3) is 0 Å². The summed E-state index contributed by atoms with van der Waals surface area (Å²) in [5.41, 5.74) is 3.10. The van der Waals surface area contributed by atoms with Gasteiger partial charge in [0.05, 0.1) is 0 Å². The number of carboxylic acids is 1. The van der Waals surface area contributed by atoms with Gasteiger partial charge in [-0.1, -0.05) is 36.4 Å². The molecule has 0 saturated carbocycles. The maximum atomic E-state index is 11.5. The van der Waals surface area contributed by atoms with Crippen LogP contribution in [0, 0.1) is 0 Å². The molecule has 2 aromatic carbocycles. The number of phenols is 1. The van der Waals surface area contributed by atoms with Crippen LogP contribution in [0.2, 0.25) is 0 Å². The number of carboxylic acid groups (broad SMARTS) is 1. The van der Waals surface area contributed by atoms with Crippen molar-refractivity contribution >= 4 is 5.97 Å². The van der Waals surface area contributed by atoms with E-state index in [2.05, 4.69) is 0 Å². The number of hydrogen-bond acceptors (Lipinski definition) is 3. The zero-order chi connectivity index (χ0) is 14.8. The van der Waals surface area contributed by atoms with Crippen molar-refractivity contribution < 1.29 is 15.0 Å². The molecule has 0 bridgehead atoms. The van der Waals surface area contributed by atoms with Gasteiger partial charge in [-0.2, -0.15) is 0 Å². The average molecular weight is 283 g/mol. The van der Waals surface area contributed by atoms with Crippen LogP contribution in [0.15, 0.2) is 48.5 Å². The molecule has 0 unspecified atom stereocenters. The number of aromatic hydroxyl groups is 1. The van der Waals surface area contributed by atoms with E-state index in [1.54, 1.807) is 12.1 Å². The molecule has 21 heavy (non-hydrogen) atoms. The van der Waals surface area contributed by atoms with Crippen molar-refractivity contribution in [2.45, 2.75) is 25.6 Å². The van der Waals surface area contributed by atoms with Gasteiger partial charge in [0.1, 0.15) is 11.8 Å². The summed E-state index contributed by atoms with van der Waals surface area (Å²) < 4.78 is 0. The SMILES string of the molecule is O=C(O)[C@@H]1Cc2ccc(O)cc2CN1Cc1ccccc1. The lowest BCUT2D eigenvalue weighted by molar-refractivity contribution is -0.144. The fourth-order valence-electron chi connectivity index (χ4n) is 2.85. The minimum Gasteiger partial charge on any atom is -0.508 e. The van der Waals surface area contributed by atoms with Crippen molar-refractivity contribution in [1.29, 1.82) is 0 Å². The summed E-state index contributed by atoms with van der Waals surface area (Å²) in [6.45, 7) is 1.13. The van der Waals surface area contributed by atoms with Crippen molar-refractivity contribution in [3.8, 4) is 5.75 Å². The number of benzene rings is 2. The van der Waals surface area contributed by atoms with Gasteiger partial charge in [-0.3, -0.25) is 9.69 Å². The minimum atomic E-state index is -0.801. The molecule has 1 heterocycles. The third-order valence-corrected chi connectivity index (χ3v) is 3.93. The largest absolute Gasteiger partial charge is 0.508 e. The Morgan fingerprint density at radius 2 is 1.90 bits per heavy atom. The molecule has 2 N–H and O–H groups in total. The highest BCUT2D eigenvalue weighted by atomic mass is 16.4. The molecule has 1 aliphatic rings. The lowest BCUT2D eigenvalue weighted by Crippen LogP contribution is -2.44. The predicted octanol–water partition coefficient (Wildman–Crippen LogP) is 2.40. The molecule has 4 nitrogen and oxygen atoms in total. The first-order valence-corrected chi connectivity index (χ1v) is 6.95. The van der Waals surface area contributed by atoms with Gasteiger partial charge in [0, 0.05) is 13.1 Å². The Kier molecular flexibility index (Phi) is 3.62. The molecule has 1 atom stereocenters. The third-order valence-electron chi connectivity index (χ3n) is 3.93. The van der Waals surface area contributed by atoms with Gasteiger partial charge in [-0.15, -0.1) is 0 Å². The van der Waals surface area contributed by atoms with Crippen LogP contribution in [0.25, 0.3) is 0 Å². The van der Waals surface area contributed by atoms with E-state index >= 15 is 0 Å². The third kappa shape index (κ3) is 2.90. The summed E-state index contributed by atoms with van der Waals surface area (Å²) >= 11 is 0. The molecule has 0 aliphatic carbocycles. The van der Waals surface area contributed by atoms with Crippen molar-refractivity contribution in [2.75, 3.05) is 0 Å². The highest BCUT2D eigenvalue weighted by Gasteiger charge is 2.31. The van der Waals surface area contributed by atoms with E-state index in [-0.39, 0.29) is 5.75 Å². The molecule has 4 heteroatoms. The fraction of sp³-hybridized carbons (Fsp3) is 0.235. The van der Waals surface area contributed by atoms with Crippen LogP contribution in [0.3, 0.4) is 0 Å². The molecular weight excluding hydrogens is 266 g/mol. The van der Waals surface area contributed by atoms with Crippen LogP contribution < -0.4 is 0 Å². The van der Waals surface area contributed by atoms with Gasteiger partial charge >= 0.3 is 5.97 Å². The van der Waals surface area contributed by atoms with Crippen LogP contribution in [0.4, 0.5) is 0 Å². The van der Waals surface area contributed by atoms with Gasteiger partial charge in [-0.05, 0) is 35.2 Å². The Morgan fingerprint density at radius 1 is 1.14 bits per heavy atom. The van der Waals surface area contributed by atoms with Crippen molar-refractivity contribution in [3.05, 3.63) is 65.2 Å². The maximum Gasteiger partial charge on any atom is 0.321 e. The highest BCUT2D eigenvalue weighted by Crippen LogP contribution is 2.27. The van der Waals surface area contributed by atoms with Gasteiger partial charge in [-0.25, -0.2) is 0 Å². The molecule has 0 fully saturated rings. The van der Waals surface area contributed by atoms with Crippen LogP contribution in [0.1, 0.15) is 16.7 Å². The van der Waals surface area contributed by atoms with Gasteiger partial charge < -0.3 is 10.2 Å². The molecule has 2 aromatic rings. The zero-order valence-corrected chi connectivity index (χ0v) is 11.6. The Balaban J connectivity index is 1.89. The second kappa shape index (κ2) is 5.58. The number of carbonyl (C=O) groups is 1. The second-order valence-corrected chi connectivity index (χ2v) is 5.40. The standard InChI is InChI=1S/C17H17NO3/c19-15-7-6-13-9-16(17(20)21)18(11-14(13)8-15)10-12-4-2-1-3-5-12/h1-8,16,19H,9-11H2,(H,20,21)/t16-/m0/s1. The molecule has 3 rings (SSSR count). The normalized spacial score (nSPS) is 18.2. The Bertz CT molecular complexity index is 654. The molecule has 0 saturated heterocycles. The molecule has 1 aliphatic heterocycles. The quantitative estimate of drug-likeness (QED) is 0.908. The number of nitrogens with zero attached hydrogens (tertiary/aromatic N) is 1.